The highest BCUT2D eigenvalue weighted by molar-refractivity contribution is 9.10. The number of amides is 1. The molecule has 1 rings (SSSR count). The molecule has 20 heavy (non-hydrogen) atoms. The van der Waals surface area contributed by atoms with Crippen molar-refractivity contribution in [1.29, 1.82) is 0 Å². The number of hydrogen-bond acceptors (Lipinski definition) is 3. The Labute approximate surface area is 129 Å². The molecular weight excluding hydrogens is 320 g/mol. The minimum atomic E-state index is -0.00998. The second-order valence-corrected chi connectivity index (χ2v) is 5.60. The predicted octanol–water partition coefficient (Wildman–Crippen LogP) is 2.72. The largest absolute Gasteiger partial charge is 0.483 e. The third kappa shape index (κ3) is 4.80. The molecule has 0 heterocycles. The average Bonchev–Trinajstić information content (AvgIpc) is 2.42. The second-order valence-electron chi connectivity index (χ2n) is 4.69. The van der Waals surface area contributed by atoms with Gasteiger partial charge in [0.25, 0.3) is 5.91 Å². The third-order valence-corrected chi connectivity index (χ3v) is 3.58. The number of hydrogen-bond donors (Lipinski definition) is 1. The first-order valence-electron chi connectivity index (χ1n) is 6.86. The molecule has 0 aliphatic heterocycles. The summed E-state index contributed by atoms with van der Waals surface area (Å²) in [4.78, 5) is 13.5. The first-order chi connectivity index (χ1) is 9.49. The Morgan fingerprint density at radius 2 is 2.10 bits per heavy atom. The topological polar surface area (TPSA) is 41.6 Å². The molecule has 0 saturated carbocycles. The molecule has 0 atom stereocenters. The van der Waals surface area contributed by atoms with Crippen LogP contribution in [0.25, 0.3) is 0 Å². The Morgan fingerprint density at radius 1 is 1.40 bits per heavy atom. The molecule has 0 aromatic heterocycles. The highest BCUT2D eigenvalue weighted by Crippen LogP contribution is 2.28. The molecule has 1 aromatic rings. The van der Waals surface area contributed by atoms with Gasteiger partial charge in [0.1, 0.15) is 5.75 Å². The maximum absolute atomic E-state index is 11.8. The Morgan fingerprint density at radius 3 is 2.70 bits per heavy atom. The summed E-state index contributed by atoms with van der Waals surface area (Å²) in [6, 6.07) is 4.03. The number of ether oxygens (including phenoxy) is 1. The lowest BCUT2D eigenvalue weighted by atomic mass is 10.1. The van der Waals surface area contributed by atoms with E-state index < -0.39 is 0 Å². The van der Waals surface area contributed by atoms with Crippen molar-refractivity contribution in [3.05, 3.63) is 27.7 Å². The molecular formula is C15H23BrN2O2. The molecule has 1 N–H and O–H groups in total. The molecule has 0 aliphatic rings. The Balaban J connectivity index is 2.84. The Kier molecular flexibility index (Phi) is 7.02. The van der Waals surface area contributed by atoms with Crippen molar-refractivity contribution in [2.45, 2.75) is 27.3 Å². The van der Waals surface area contributed by atoms with Crippen LogP contribution in [0.3, 0.4) is 0 Å². The average molecular weight is 343 g/mol. The van der Waals surface area contributed by atoms with Crippen molar-refractivity contribution < 1.29 is 9.53 Å². The first-order valence-corrected chi connectivity index (χ1v) is 7.65. The summed E-state index contributed by atoms with van der Waals surface area (Å²) >= 11 is 3.50. The van der Waals surface area contributed by atoms with E-state index in [-0.39, 0.29) is 12.5 Å². The van der Waals surface area contributed by atoms with Gasteiger partial charge in [-0.15, -0.1) is 0 Å². The van der Waals surface area contributed by atoms with E-state index in [0.717, 1.165) is 34.4 Å². The third-order valence-electron chi connectivity index (χ3n) is 3.12. The van der Waals surface area contributed by atoms with E-state index in [1.54, 1.807) is 11.9 Å². The summed E-state index contributed by atoms with van der Waals surface area (Å²) in [5.41, 5.74) is 2.09. The van der Waals surface area contributed by atoms with Gasteiger partial charge in [0.2, 0.25) is 0 Å². The first kappa shape index (κ1) is 17.0. The maximum Gasteiger partial charge on any atom is 0.260 e. The number of rotatable bonds is 7. The van der Waals surface area contributed by atoms with Gasteiger partial charge in [0, 0.05) is 30.2 Å². The van der Waals surface area contributed by atoms with Gasteiger partial charge in [0.05, 0.1) is 0 Å². The predicted molar refractivity (Wildman–Crippen MR) is 85.1 cm³/mol. The Bertz CT molecular complexity index is 463. The van der Waals surface area contributed by atoms with Gasteiger partial charge in [-0.05, 0) is 38.1 Å². The van der Waals surface area contributed by atoms with Crippen LogP contribution in [-0.4, -0.2) is 37.6 Å². The SMILES string of the molecule is CCNCc1cc(Br)cc(C)c1OCC(=O)N(C)CC. The van der Waals surface area contributed by atoms with Gasteiger partial charge in [0.15, 0.2) is 6.61 Å². The van der Waals surface area contributed by atoms with Crippen LogP contribution in [0.1, 0.15) is 25.0 Å². The van der Waals surface area contributed by atoms with Gasteiger partial charge in [-0.3, -0.25) is 4.79 Å². The zero-order valence-electron chi connectivity index (χ0n) is 12.6. The quantitative estimate of drug-likeness (QED) is 0.828. The van der Waals surface area contributed by atoms with Crippen LogP contribution in [0.4, 0.5) is 0 Å². The lowest BCUT2D eigenvalue weighted by Gasteiger charge is -2.18. The normalized spacial score (nSPS) is 10.4. The van der Waals surface area contributed by atoms with Crippen molar-refractivity contribution >= 4 is 21.8 Å². The summed E-state index contributed by atoms with van der Waals surface area (Å²) in [6.45, 7) is 8.37. The van der Waals surface area contributed by atoms with Crippen molar-refractivity contribution in [2.75, 3.05) is 26.7 Å². The summed E-state index contributed by atoms with van der Waals surface area (Å²) in [7, 11) is 1.78. The van der Waals surface area contributed by atoms with Crippen LogP contribution in [-0.2, 0) is 11.3 Å². The van der Waals surface area contributed by atoms with Crippen LogP contribution < -0.4 is 10.1 Å². The molecule has 0 unspecified atom stereocenters. The second kappa shape index (κ2) is 8.27. The molecule has 1 aromatic carbocycles. The number of nitrogens with zero attached hydrogens (tertiary/aromatic N) is 1. The van der Waals surface area contributed by atoms with E-state index in [2.05, 4.69) is 28.2 Å². The number of benzene rings is 1. The molecule has 0 radical (unpaired) electrons. The maximum atomic E-state index is 11.8. The summed E-state index contributed by atoms with van der Waals surface area (Å²) in [5.74, 6) is 0.788. The number of halogens is 1. The summed E-state index contributed by atoms with van der Waals surface area (Å²) in [5, 5.41) is 3.28. The highest BCUT2D eigenvalue weighted by Gasteiger charge is 2.12. The molecule has 0 spiro atoms. The van der Waals surface area contributed by atoms with Crippen LogP contribution >= 0.6 is 15.9 Å². The van der Waals surface area contributed by atoms with E-state index in [0.29, 0.717) is 6.54 Å². The zero-order chi connectivity index (χ0) is 15.1. The van der Waals surface area contributed by atoms with Gasteiger partial charge >= 0.3 is 0 Å². The molecule has 0 aliphatic carbocycles. The van der Waals surface area contributed by atoms with E-state index in [9.17, 15) is 4.79 Å². The number of carbonyl (C=O) groups excluding carboxylic acids is 1. The fraction of sp³-hybridized carbons (Fsp3) is 0.533. The van der Waals surface area contributed by atoms with E-state index in [4.69, 9.17) is 4.74 Å². The van der Waals surface area contributed by atoms with Gasteiger partial charge in [-0.2, -0.15) is 0 Å². The van der Waals surface area contributed by atoms with Crippen molar-refractivity contribution in [1.82, 2.24) is 10.2 Å². The monoisotopic (exact) mass is 342 g/mol. The smallest absolute Gasteiger partial charge is 0.260 e. The fourth-order valence-corrected chi connectivity index (χ4v) is 2.44. The summed E-state index contributed by atoms with van der Waals surface area (Å²) in [6.07, 6.45) is 0. The molecule has 0 fully saturated rings. The molecule has 5 heteroatoms. The molecule has 112 valence electrons. The molecule has 0 saturated heterocycles. The van der Waals surface area contributed by atoms with Gasteiger partial charge in [-0.1, -0.05) is 22.9 Å². The van der Waals surface area contributed by atoms with Crippen LogP contribution in [0, 0.1) is 6.92 Å². The minimum Gasteiger partial charge on any atom is -0.483 e. The zero-order valence-corrected chi connectivity index (χ0v) is 14.2. The fourth-order valence-electron chi connectivity index (χ4n) is 1.82. The number of aryl methyl sites for hydroxylation is 1. The van der Waals surface area contributed by atoms with Crippen LogP contribution in [0.5, 0.6) is 5.75 Å². The van der Waals surface area contributed by atoms with Crippen LogP contribution in [0.2, 0.25) is 0 Å². The molecule has 4 nitrogen and oxygen atoms in total. The molecule has 1 amide bonds. The van der Waals surface area contributed by atoms with E-state index >= 15 is 0 Å². The lowest BCUT2D eigenvalue weighted by Crippen LogP contribution is -2.31. The standard InChI is InChI=1S/C15H23BrN2O2/c1-5-17-9-12-8-13(16)7-11(3)15(12)20-10-14(19)18(4)6-2/h7-8,17H,5-6,9-10H2,1-4H3. The highest BCUT2D eigenvalue weighted by atomic mass is 79.9. The lowest BCUT2D eigenvalue weighted by molar-refractivity contribution is -0.131. The number of carbonyl (C=O) groups is 1. The Hall–Kier alpha value is -1.07. The van der Waals surface area contributed by atoms with Gasteiger partial charge < -0.3 is 15.0 Å². The van der Waals surface area contributed by atoms with Gasteiger partial charge in [-0.25, -0.2) is 0 Å². The number of likely N-dealkylation sites (N-methyl/N-ethyl adjacent to an activating group) is 1. The van der Waals surface area contributed by atoms with Crippen LogP contribution in [0.15, 0.2) is 16.6 Å². The van der Waals surface area contributed by atoms with Crippen molar-refractivity contribution in [2.24, 2.45) is 0 Å². The van der Waals surface area contributed by atoms with Crippen molar-refractivity contribution in [3.8, 4) is 5.75 Å². The van der Waals surface area contributed by atoms with E-state index in [1.165, 1.54) is 0 Å². The number of nitrogens with one attached hydrogen (secondary N) is 1. The van der Waals surface area contributed by atoms with E-state index in [1.807, 2.05) is 26.0 Å². The summed E-state index contributed by atoms with van der Waals surface area (Å²) < 4.78 is 6.77. The minimum absolute atomic E-state index is 0.00998. The van der Waals surface area contributed by atoms with Crippen molar-refractivity contribution in [3.63, 3.8) is 0 Å². The molecule has 0 bridgehead atoms.